The van der Waals surface area contributed by atoms with E-state index in [-0.39, 0.29) is 25.1 Å². The van der Waals surface area contributed by atoms with E-state index in [4.69, 9.17) is 17.2 Å². The number of nitrogens with one attached hydrogen (secondary N) is 2. The maximum absolute atomic E-state index is 13.4. The van der Waals surface area contributed by atoms with Gasteiger partial charge in [0.2, 0.25) is 23.6 Å². The number of phenols is 1. The van der Waals surface area contributed by atoms with Crippen molar-refractivity contribution in [2.75, 3.05) is 13.1 Å². The molecule has 37 heavy (non-hydrogen) atoms. The number of nitrogens with zero attached hydrogens (tertiary/aromatic N) is 1. The summed E-state index contributed by atoms with van der Waals surface area (Å²) in [6.45, 7) is 0.647. The van der Waals surface area contributed by atoms with Crippen LogP contribution < -0.4 is 27.8 Å². The van der Waals surface area contributed by atoms with Crippen molar-refractivity contribution in [1.29, 1.82) is 0 Å². The molecule has 0 bridgehead atoms. The third kappa shape index (κ3) is 9.03. The summed E-state index contributed by atoms with van der Waals surface area (Å²) >= 11 is 0. The van der Waals surface area contributed by atoms with Gasteiger partial charge >= 0.3 is 5.97 Å². The van der Waals surface area contributed by atoms with E-state index < -0.39 is 60.2 Å². The SMILES string of the molecule is NCCCCC(NC(=O)C(N)Cc1ccc(O)cc1)C(=O)N1CCCC1C(=O)NC(CC(N)=O)C(=O)O. The molecular weight excluding hydrogens is 484 g/mol. The van der Waals surface area contributed by atoms with Gasteiger partial charge < -0.3 is 42.9 Å². The van der Waals surface area contributed by atoms with Crippen LogP contribution in [0.3, 0.4) is 0 Å². The predicted octanol–water partition coefficient (Wildman–Crippen LogP) is -1.69. The largest absolute Gasteiger partial charge is 0.508 e. The first-order valence-electron chi connectivity index (χ1n) is 12.2. The topological polar surface area (TPSA) is 231 Å². The average Bonchev–Trinajstić information content (AvgIpc) is 3.33. The first-order chi connectivity index (χ1) is 17.5. The molecule has 4 unspecified atom stereocenters. The van der Waals surface area contributed by atoms with E-state index in [1.54, 1.807) is 12.1 Å². The Morgan fingerprint density at radius 3 is 2.32 bits per heavy atom. The van der Waals surface area contributed by atoms with Crippen LogP contribution in [0.4, 0.5) is 0 Å². The Morgan fingerprint density at radius 1 is 1.05 bits per heavy atom. The smallest absolute Gasteiger partial charge is 0.326 e. The predicted molar refractivity (Wildman–Crippen MR) is 133 cm³/mol. The van der Waals surface area contributed by atoms with E-state index in [1.165, 1.54) is 17.0 Å². The third-order valence-electron chi connectivity index (χ3n) is 6.15. The van der Waals surface area contributed by atoms with Gasteiger partial charge in [0.1, 0.15) is 23.9 Å². The van der Waals surface area contributed by atoms with Crippen molar-refractivity contribution in [3.63, 3.8) is 0 Å². The first kappa shape index (κ1) is 29.5. The number of hydrogen-bond donors (Lipinski definition) is 7. The van der Waals surface area contributed by atoms with Crippen molar-refractivity contribution in [2.24, 2.45) is 17.2 Å². The Kier molecular flexibility index (Phi) is 11.3. The van der Waals surface area contributed by atoms with Gasteiger partial charge in [-0.3, -0.25) is 19.2 Å². The van der Waals surface area contributed by atoms with E-state index in [9.17, 15) is 34.2 Å². The molecule has 1 aromatic carbocycles. The molecule has 13 heteroatoms. The van der Waals surface area contributed by atoms with Crippen molar-refractivity contribution < 1.29 is 34.2 Å². The number of nitrogens with two attached hydrogens (primary N) is 3. The van der Waals surface area contributed by atoms with Crippen molar-refractivity contribution in [3.8, 4) is 5.75 Å². The highest BCUT2D eigenvalue weighted by Crippen LogP contribution is 2.20. The molecule has 1 aromatic rings. The maximum atomic E-state index is 13.4. The quantitative estimate of drug-likeness (QED) is 0.138. The van der Waals surface area contributed by atoms with Gasteiger partial charge in [-0.15, -0.1) is 0 Å². The van der Waals surface area contributed by atoms with E-state index in [0.29, 0.717) is 32.2 Å². The van der Waals surface area contributed by atoms with Gasteiger partial charge in [0, 0.05) is 6.54 Å². The summed E-state index contributed by atoms with van der Waals surface area (Å²) in [5, 5.41) is 23.7. The second-order valence-electron chi connectivity index (χ2n) is 9.08. The molecule has 1 heterocycles. The number of phenolic OH excluding ortho intramolecular Hbond substituents is 1. The van der Waals surface area contributed by atoms with Crippen LogP contribution in [0, 0.1) is 0 Å². The highest BCUT2D eigenvalue weighted by atomic mass is 16.4. The summed E-state index contributed by atoms with van der Waals surface area (Å²) in [5.74, 6) is -3.97. The van der Waals surface area contributed by atoms with E-state index in [2.05, 4.69) is 10.6 Å². The molecule has 10 N–H and O–H groups in total. The van der Waals surface area contributed by atoms with Crippen LogP contribution in [-0.4, -0.2) is 82.0 Å². The summed E-state index contributed by atoms with van der Waals surface area (Å²) in [5.41, 5.74) is 17.4. The maximum Gasteiger partial charge on any atom is 0.326 e. The van der Waals surface area contributed by atoms with E-state index in [1.807, 2.05) is 0 Å². The van der Waals surface area contributed by atoms with Gasteiger partial charge in [-0.1, -0.05) is 12.1 Å². The number of rotatable bonds is 14. The van der Waals surface area contributed by atoms with Crippen LogP contribution in [0.25, 0.3) is 0 Å². The molecule has 13 nitrogen and oxygen atoms in total. The highest BCUT2D eigenvalue weighted by molar-refractivity contribution is 5.95. The molecule has 1 fully saturated rings. The molecule has 1 aliphatic rings. The Balaban J connectivity index is 2.11. The number of aromatic hydroxyl groups is 1. The minimum absolute atomic E-state index is 0.0841. The number of likely N-dealkylation sites (tertiary alicyclic amines) is 1. The number of aliphatic carboxylic acids is 1. The molecule has 2 rings (SSSR count). The van der Waals surface area contributed by atoms with Crippen molar-refractivity contribution in [3.05, 3.63) is 29.8 Å². The molecule has 4 amide bonds. The Hall–Kier alpha value is -3.71. The molecule has 1 saturated heterocycles. The minimum Gasteiger partial charge on any atom is -0.508 e. The normalized spacial score (nSPS) is 17.5. The second kappa shape index (κ2) is 14.1. The molecule has 0 spiro atoms. The zero-order valence-corrected chi connectivity index (χ0v) is 20.6. The molecule has 204 valence electrons. The minimum atomic E-state index is -1.51. The van der Waals surface area contributed by atoms with E-state index >= 15 is 0 Å². The van der Waals surface area contributed by atoms with E-state index in [0.717, 1.165) is 5.56 Å². The fourth-order valence-corrected chi connectivity index (χ4v) is 4.18. The average molecular weight is 521 g/mol. The fourth-order valence-electron chi connectivity index (χ4n) is 4.18. The standard InChI is InChI=1S/C24H36N6O7/c25-10-2-1-4-17(28-21(33)16(26)12-14-6-8-15(31)9-7-14)23(35)30-11-3-5-19(30)22(34)29-18(24(36)37)13-20(27)32/h6-9,16-19,31H,1-5,10-13,25-26H2,(H2,27,32)(H,28,33)(H,29,34)(H,36,37). The van der Waals surface area contributed by atoms with Gasteiger partial charge in [-0.05, 0) is 62.8 Å². The molecule has 0 radical (unpaired) electrons. The Labute approximate surface area is 214 Å². The van der Waals surface area contributed by atoms with Gasteiger partial charge in [-0.25, -0.2) is 4.79 Å². The lowest BCUT2D eigenvalue weighted by molar-refractivity contribution is -0.146. The van der Waals surface area contributed by atoms with Gasteiger partial charge in [0.05, 0.1) is 12.5 Å². The molecule has 0 saturated carbocycles. The number of carbonyl (C=O) groups is 5. The number of hydrogen-bond acceptors (Lipinski definition) is 8. The summed E-state index contributed by atoms with van der Waals surface area (Å²) in [6.07, 6.45) is 1.84. The van der Waals surface area contributed by atoms with Crippen molar-refractivity contribution in [1.82, 2.24) is 15.5 Å². The zero-order chi connectivity index (χ0) is 27.5. The van der Waals surface area contributed by atoms with Crippen molar-refractivity contribution >= 4 is 29.6 Å². The van der Waals surface area contributed by atoms with Crippen LogP contribution in [0.2, 0.25) is 0 Å². The molecule has 0 aromatic heterocycles. The van der Waals surface area contributed by atoms with Crippen LogP contribution in [0.1, 0.15) is 44.1 Å². The molecule has 0 aliphatic carbocycles. The number of carbonyl (C=O) groups excluding carboxylic acids is 4. The summed E-state index contributed by atoms with van der Waals surface area (Å²) in [4.78, 5) is 63.0. The number of primary amides is 1. The monoisotopic (exact) mass is 520 g/mol. The lowest BCUT2D eigenvalue weighted by Crippen LogP contribution is -2.57. The Morgan fingerprint density at radius 2 is 1.73 bits per heavy atom. The van der Waals surface area contributed by atoms with Crippen LogP contribution in [0.5, 0.6) is 5.75 Å². The van der Waals surface area contributed by atoms with Crippen LogP contribution in [0.15, 0.2) is 24.3 Å². The highest BCUT2D eigenvalue weighted by Gasteiger charge is 2.39. The number of carboxylic acids is 1. The summed E-state index contributed by atoms with van der Waals surface area (Å²) < 4.78 is 0. The first-order valence-corrected chi connectivity index (χ1v) is 12.2. The second-order valence-corrected chi connectivity index (χ2v) is 9.08. The Bertz CT molecular complexity index is 971. The van der Waals surface area contributed by atoms with Gasteiger partial charge in [0.15, 0.2) is 0 Å². The fraction of sp³-hybridized carbons (Fsp3) is 0.542. The molecule has 4 atom stereocenters. The van der Waals surface area contributed by atoms with Gasteiger partial charge in [-0.2, -0.15) is 0 Å². The van der Waals surface area contributed by atoms with Crippen molar-refractivity contribution in [2.45, 2.75) is 69.1 Å². The van der Waals surface area contributed by atoms with Gasteiger partial charge in [0.25, 0.3) is 0 Å². The molecule has 1 aliphatic heterocycles. The number of carboxylic acid groups (broad SMARTS) is 1. The van der Waals surface area contributed by atoms with Crippen LogP contribution in [-0.2, 0) is 30.4 Å². The lowest BCUT2D eigenvalue weighted by Gasteiger charge is -2.30. The lowest BCUT2D eigenvalue weighted by atomic mass is 10.0. The van der Waals surface area contributed by atoms with Crippen LogP contribution >= 0.6 is 0 Å². The molecular formula is C24H36N6O7. The number of amides is 4. The zero-order valence-electron chi connectivity index (χ0n) is 20.6. The third-order valence-corrected chi connectivity index (χ3v) is 6.15. The number of benzene rings is 1. The summed E-state index contributed by atoms with van der Waals surface area (Å²) in [6, 6.07) is 1.86. The summed E-state index contributed by atoms with van der Waals surface area (Å²) in [7, 11) is 0. The number of unbranched alkanes of at least 4 members (excludes halogenated alkanes) is 1.